The van der Waals surface area contributed by atoms with Crippen LogP contribution in [0.3, 0.4) is 0 Å². The van der Waals surface area contributed by atoms with Crippen molar-refractivity contribution in [2.24, 2.45) is 0 Å². The number of benzene rings is 10. The van der Waals surface area contributed by atoms with Crippen LogP contribution in [0.4, 0.5) is 17.1 Å². The monoisotopic (exact) mass is 805 g/mol. The molecule has 2 aromatic heterocycles. The summed E-state index contributed by atoms with van der Waals surface area (Å²) in [5, 5.41) is 4.29. The maximum atomic E-state index is 6.98. The molecule has 2 heterocycles. The zero-order valence-corrected chi connectivity index (χ0v) is 34.3. The first kappa shape index (κ1) is 36.5. The SMILES string of the molecule is c1ccc(-c2ccc(-c3ccc4c(oc5ccc6oc7ccccc7c6c54)c3-c3ccc(N(c4ccc(-c5ccccc5)cc4)c4ccc(-c5ccccc5)cc4)cc3)cc2)cc1. The molecule has 63 heavy (non-hydrogen) atoms. The zero-order chi connectivity index (χ0) is 41.7. The van der Waals surface area contributed by atoms with Gasteiger partial charge in [0, 0.05) is 44.2 Å². The van der Waals surface area contributed by atoms with E-state index in [9.17, 15) is 0 Å². The highest BCUT2D eigenvalue weighted by Gasteiger charge is 2.22. The summed E-state index contributed by atoms with van der Waals surface area (Å²) in [6.45, 7) is 0. The number of hydrogen-bond acceptors (Lipinski definition) is 3. The van der Waals surface area contributed by atoms with E-state index in [0.717, 1.165) is 83.2 Å². The maximum absolute atomic E-state index is 6.98. The summed E-state index contributed by atoms with van der Waals surface area (Å²) >= 11 is 0. The predicted molar refractivity (Wildman–Crippen MR) is 263 cm³/mol. The number of rotatable bonds is 8. The van der Waals surface area contributed by atoms with Crippen LogP contribution in [0.5, 0.6) is 0 Å². The molecule has 0 atom stereocenters. The van der Waals surface area contributed by atoms with E-state index in [4.69, 9.17) is 8.83 Å². The maximum Gasteiger partial charge on any atom is 0.143 e. The van der Waals surface area contributed by atoms with E-state index in [-0.39, 0.29) is 0 Å². The molecule has 12 rings (SSSR count). The molecule has 0 unspecified atom stereocenters. The lowest BCUT2D eigenvalue weighted by Crippen LogP contribution is -2.09. The summed E-state index contributed by atoms with van der Waals surface area (Å²) in [6, 6.07) is 84.0. The van der Waals surface area contributed by atoms with E-state index in [2.05, 4.69) is 217 Å². The fourth-order valence-electron chi connectivity index (χ4n) is 9.24. The highest BCUT2D eigenvalue weighted by Crippen LogP contribution is 2.47. The number of para-hydroxylation sites is 1. The molecule has 0 bridgehead atoms. The van der Waals surface area contributed by atoms with Gasteiger partial charge in [-0.15, -0.1) is 0 Å². The normalized spacial score (nSPS) is 11.5. The van der Waals surface area contributed by atoms with E-state index in [1.165, 1.54) is 33.4 Å². The summed E-state index contributed by atoms with van der Waals surface area (Å²) in [6.07, 6.45) is 0. The van der Waals surface area contributed by atoms with Crippen molar-refractivity contribution in [3.8, 4) is 55.6 Å². The molecule has 3 nitrogen and oxygen atoms in total. The van der Waals surface area contributed by atoms with E-state index >= 15 is 0 Å². The minimum atomic E-state index is 0.836. The molecule has 0 N–H and O–H groups in total. The third-order valence-electron chi connectivity index (χ3n) is 12.3. The molecule has 0 aliphatic carbocycles. The van der Waals surface area contributed by atoms with Gasteiger partial charge in [-0.3, -0.25) is 0 Å². The molecule has 0 saturated heterocycles. The second-order valence-corrected chi connectivity index (χ2v) is 16.0. The first-order valence-corrected chi connectivity index (χ1v) is 21.4. The number of furan rings is 2. The fraction of sp³-hybridized carbons (Fsp3) is 0. The third-order valence-corrected chi connectivity index (χ3v) is 12.3. The molecule has 0 fully saturated rings. The van der Waals surface area contributed by atoms with Gasteiger partial charge in [0.15, 0.2) is 0 Å². The molecule has 0 aliphatic heterocycles. The molecule has 10 aromatic carbocycles. The van der Waals surface area contributed by atoms with Crippen LogP contribution in [0.1, 0.15) is 0 Å². The van der Waals surface area contributed by atoms with Crippen LogP contribution < -0.4 is 4.90 Å². The van der Waals surface area contributed by atoms with E-state index < -0.39 is 0 Å². The van der Waals surface area contributed by atoms with Crippen molar-refractivity contribution in [3.05, 3.63) is 237 Å². The van der Waals surface area contributed by atoms with Crippen molar-refractivity contribution in [2.75, 3.05) is 4.90 Å². The second kappa shape index (κ2) is 15.3. The first-order chi connectivity index (χ1) is 31.2. The minimum Gasteiger partial charge on any atom is -0.456 e. The zero-order valence-electron chi connectivity index (χ0n) is 34.3. The van der Waals surface area contributed by atoms with Crippen LogP contribution in [0.25, 0.3) is 99.5 Å². The molecule has 0 amide bonds. The van der Waals surface area contributed by atoms with Gasteiger partial charge in [0.1, 0.15) is 22.3 Å². The summed E-state index contributed by atoms with van der Waals surface area (Å²) in [5.74, 6) is 0. The number of hydrogen-bond donors (Lipinski definition) is 0. The molecular formula is C60H39NO2. The van der Waals surface area contributed by atoms with Gasteiger partial charge in [0.25, 0.3) is 0 Å². The average Bonchev–Trinajstić information content (AvgIpc) is 3.94. The topological polar surface area (TPSA) is 29.5 Å². The number of anilines is 3. The molecule has 0 aliphatic rings. The smallest absolute Gasteiger partial charge is 0.143 e. The summed E-state index contributed by atoms with van der Waals surface area (Å²) in [7, 11) is 0. The molecule has 0 spiro atoms. The number of fused-ring (bicyclic) bond motifs is 7. The Morgan fingerprint density at radius 1 is 0.254 bits per heavy atom. The van der Waals surface area contributed by atoms with Crippen molar-refractivity contribution in [1.29, 1.82) is 0 Å². The fourth-order valence-corrected chi connectivity index (χ4v) is 9.24. The second-order valence-electron chi connectivity index (χ2n) is 16.0. The van der Waals surface area contributed by atoms with E-state index in [0.29, 0.717) is 0 Å². The Morgan fingerprint density at radius 2 is 0.651 bits per heavy atom. The Bertz CT molecular complexity index is 3470. The lowest BCUT2D eigenvalue weighted by molar-refractivity contribution is 0.663. The Morgan fingerprint density at radius 3 is 1.17 bits per heavy atom. The van der Waals surface area contributed by atoms with Gasteiger partial charge in [-0.2, -0.15) is 0 Å². The molecule has 12 aromatic rings. The Kier molecular flexibility index (Phi) is 8.83. The Balaban J connectivity index is 1.02. The van der Waals surface area contributed by atoms with Crippen LogP contribution >= 0.6 is 0 Å². The highest BCUT2D eigenvalue weighted by molar-refractivity contribution is 6.27. The van der Waals surface area contributed by atoms with Crippen molar-refractivity contribution < 1.29 is 8.83 Å². The lowest BCUT2D eigenvalue weighted by Gasteiger charge is -2.26. The number of nitrogens with zero attached hydrogens (tertiary/aromatic N) is 1. The van der Waals surface area contributed by atoms with E-state index in [1.54, 1.807) is 0 Å². The molecule has 0 radical (unpaired) electrons. The standard InChI is InChI=1S/C60H39NO2/c1-4-12-40(13-5-1)43-20-22-46(23-21-43)51-36-37-53-59-56(39-38-55-58(59)52-18-10-11-19-54(52)62-55)63-60(53)57(51)47-28-34-50(35-29-47)61(48-30-24-44(25-31-48)41-14-6-2-7-15-41)49-32-26-45(27-33-49)42-16-8-3-9-17-42/h1-39H. The quantitative estimate of drug-likeness (QED) is 0.153. The van der Waals surface area contributed by atoms with Crippen LogP contribution in [0.15, 0.2) is 245 Å². The predicted octanol–water partition coefficient (Wildman–Crippen LogP) is 17.3. The van der Waals surface area contributed by atoms with Crippen molar-refractivity contribution in [1.82, 2.24) is 0 Å². The molecular weight excluding hydrogens is 767 g/mol. The van der Waals surface area contributed by atoms with E-state index in [1.807, 2.05) is 24.3 Å². The van der Waals surface area contributed by atoms with Gasteiger partial charge in [-0.05, 0) is 111 Å². The average molecular weight is 806 g/mol. The minimum absolute atomic E-state index is 0.836. The molecule has 296 valence electrons. The Hall–Kier alpha value is -8.40. The summed E-state index contributed by atoms with van der Waals surface area (Å²) in [5.41, 5.74) is 18.1. The van der Waals surface area contributed by atoms with Crippen LogP contribution in [-0.2, 0) is 0 Å². The van der Waals surface area contributed by atoms with Gasteiger partial charge in [0.2, 0.25) is 0 Å². The van der Waals surface area contributed by atoms with Gasteiger partial charge in [-0.25, -0.2) is 0 Å². The van der Waals surface area contributed by atoms with Gasteiger partial charge < -0.3 is 13.7 Å². The summed E-state index contributed by atoms with van der Waals surface area (Å²) < 4.78 is 13.3. The van der Waals surface area contributed by atoms with Crippen LogP contribution in [0.2, 0.25) is 0 Å². The van der Waals surface area contributed by atoms with Crippen LogP contribution in [0, 0.1) is 0 Å². The molecule has 0 saturated carbocycles. The van der Waals surface area contributed by atoms with Gasteiger partial charge in [0.05, 0.1) is 0 Å². The van der Waals surface area contributed by atoms with Crippen molar-refractivity contribution >= 4 is 60.9 Å². The first-order valence-electron chi connectivity index (χ1n) is 21.4. The highest BCUT2D eigenvalue weighted by atomic mass is 16.3. The van der Waals surface area contributed by atoms with Gasteiger partial charge in [-0.1, -0.05) is 176 Å². The van der Waals surface area contributed by atoms with Crippen molar-refractivity contribution in [2.45, 2.75) is 0 Å². The lowest BCUT2D eigenvalue weighted by atomic mass is 9.91. The third kappa shape index (κ3) is 6.46. The van der Waals surface area contributed by atoms with Gasteiger partial charge >= 0.3 is 0 Å². The largest absolute Gasteiger partial charge is 0.456 e. The molecule has 3 heteroatoms. The Labute approximate surface area is 365 Å². The summed E-state index contributed by atoms with van der Waals surface area (Å²) in [4.78, 5) is 2.33. The van der Waals surface area contributed by atoms with Crippen LogP contribution in [-0.4, -0.2) is 0 Å². The van der Waals surface area contributed by atoms with Crippen molar-refractivity contribution in [3.63, 3.8) is 0 Å².